The zero-order valence-corrected chi connectivity index (χ0v) is 12.3. The largest absolute Gasteiger partial charge is 0.493 e. The molecule has 5 heteroatoms. The van der Waals surface area contributed by atoms with Crippen LogP contribution in [0.2, 0.25) is 0 Å². The van der Waals surface area contributed by atoms with Gasteiger partial charge in [0.05, 0.1) is 18.1 Å². The number of hydrogen-bond donors (Lipinski definition) is 0. The molecule has 0 aliphatic rings. The summed E-state index contributed by atoms with van der Waals surface area (Å²) in [5.41, 5.74) is 3.37. The number of methoxy groups -OCH3 is 1. The summed E-state index contributed by atoms with van der Waals surface area (Å²) < 4.78 is 10.9. The SMILES string of the molecule is COc1cc([N+](=O)[O-])ccc1OCc1cc(C)cc(C)c1. The summed E-state index contributed by atoms with van der Waals surface area (Å²) in [5.74, 6) is 0.843. The van der Waals surface area contributed by atoms with Gasteiger partial charge in [-0.2, -0.15) is 0 Å². The lowest BCUT2D eigenvalue weighted by Gasteiger charge is -2.11. The molecule has 0 fully saturated rings. The second kappa shape index (κ2) is 6.26. The van der Waals surface area contributed by atoms with Gasteiger partial charge in [0.2, 0.25) is 0 Å². The van der Waals surface area contributed by atoms with Gasteiger partial charge < -0.3 is 9.47 Å². The van der Waals surface area contributed by atoms with Crippen molar-refractivity contribution in [1.29, 1.82) is 0 Å². The van der Waals surface area contributed by atoms with Crippen molar-refractivity contribution in [3.8, 4) is 11.5 Å². The van der Waals surface area contributed by atoms with Crippen molar-refractivity contribution in [2.75, 3.05) is 7.11 Å². The summed E-state index contributed by atoms with van der Waals surface area (Å²) >= 11 is 0. The van der Waals surface area contributed by atoms with E-state index in [4.69, 9.17) is 9.47 Å². The number of aryl methyl sites for hydroxylation is 2. The molecule has 0 bridgehead atoms. The average Bonchev–Trinajstić information content (AvgIpc) is 2.43. The average molecular weight is 287 g/mol. The Kier molecular flexibility index (Phi) is 4.42. The molecule has 0 atom stereocenters. The summed E-state index contributed by atoms with van der Waals surface area (Å²) in [4.78, 5) is 10.3. The number of rotatable bonds is 5. The molecule has 5 nitrogen and oxygen atoms in total. The first-order valence-corrected chi connectivity index (χ1v) is 6.52. The van der Waals surface area contributed by atoms with Crippen LogP contribution < -0.4 is 9.47 Å². The van der Waals surface area contributed by atoms with Crippen LogP contribution in [-0.4, -0.2) is 12.0 Å². The van der Waals surface area contributed by atoms with Gasteiger partial charge in [-0.15, -0.1) is 0 Å². The molecule has 0 saturated heterocycles. The molecule has 110 valence electrons. The number of ether oxygens (including phenoxy) is 2. The van der Waals surface area contributed by atoms with Crippen LogP contribution in [0.15, 0.2) is 36.4 Å². The number of nitro benzene ring substituents is 1. The Bertz CT molecular complexity index is 647. The third kappa shape index (κ3) is 3.72. The van der Waals surface area contributed by atoms with Gasteiger partial charge in [-0.1, -0.05) is 29.3 Å². The molecule has 2 aromatic rings. The third-order valence-electron chi connectivity index (χ3n) is 3.03. The Balaban J connectivity index is 2.17. The Morgan fingerprint density at radius 2 is 1.71 bits per heavy atom. The van der Waals surface area contributed by atoms with Crippen LogP contribution in [0.25, 0.3) is 0 Å². The van der Waals surface area contributed by atoms with Crippen LogP contribution in [0, 0.1) is 24.0 Å². The number of non-ortho nitro benzene ring substituents is 1. The molecule has 21 heavy (non-hydrogen) atoms. The molecule has 0 amide bonds. The Morgan fingerprint density at radius 3 is 2.29 bits per heavy atom. The fourth-order valence-electron chi connectivity index (χ4n) is 2.20. The van der Waals surface area contributed by atoms with Crippen molar-refractivity contribution < 1.29 is 14.4 Å². The summed E-state index contributed by atoms with van der Waals surface area (Å²) in [6.07, 6.45) is 0. The highest BCUT2D eigenvalue weighted by Gasteiger charge is 2.12. The van der Waals surface area contributed by atoms with Crippen LogP contribution in [-0.2, 0) is 6.61 Å². The fraction of sp³-hybridized carbons (Fsp3) is 0.250. The molecule has 0 radical (unpaired) electrons. The first-order chi connectivity index (χ1) is 9.99. The molecule has 0 saturated carbocycles. The van der Waals surface area contributed by atoms with Crippen molar-refractivity contribution in [2.45, 2.75) is 20.5 Å². The second-order valence-corrected chi connectivity index (χ2v) is 4.88. The minimum atomic E-state index is -0.462. The van der Waals surface area contributed by atoms with E-state index in [0.717, 1.165) is 5.56 Å². The standard InChI is InChI=1S/C16H17NO4/c1-11-6-12(2)8-13(7-11)10-21-15-5-4-14(17(18)19)9-16(15)20-3/h4-9H,10H2,1-3H3. The molecule has 0 aliphatic carbocycles. The van der Waals surface area contributed by atoms with E-state index in [1.54, 1.807) is 6.07 Å². The van der Waals surface area contributed by atoms with E-state index in [-0.39, 0.29) is 5.69 Å². The minimum Gasteiger partial charge on any atom is -0.493 e. The summed E-state index contributed by atoms with van der Waals surface area (Å²) in [7, 11) is 1.46. The predicted octanol–water partition coefficient (Wildman–Crippen LogP) is 3.80. The van der Waals surface area contributed by atoms with Crippen LogP contribution in [0.1, 0.15) is 16.7 Å². The zero-order chi connectivity index (χ0) is 15.4. The molecule has 2 rings (SSSR count). The fourth-order valence-corrected chi connectivity index (χ4v) is 2.20. The van der Waals surface area contributed by atoms with E-state index < -0.39 is 4.92 Å². The van der Waals surface area contributed by atoms with Crippen LogP contribution in [0.4, 0.5) is 5.69 Å². The highest BCUT2D eigenvalue weighted by molar-refractivity contribution is 5.48. The van der Waals surface area contributed by atoms with Crippen molar-refractivity contribution in [3.63, 3.8) is 0 Å². The van der Waals surface area contributed by atoms with Gasteiger partial charge in [0.1, 0.15) is 6.61 Å². The number of nitrogens with zero attached hydrogens (tertiary/aromatic N) is 1. The third-order valence-corrected chi connectivity index (χ3v) is 3.03. The summed E-state index contributed by atoms with van der Waals surface area (Å²) in [6.45, 7) is 4.45. The van der Waals surface area contributed by atoms with E-state index in [9.17, 15) is 10.1 Å². The normalized spacial score (nSPS) is 10.2. The highest BCUT2D eigenvalue weighted by Crippen LogP contribution is 2.31. The van der Waals surface area contributed by atoms with Gasteiger partial charge in [-0.25, -0.2) is 0 Å². The van der Waals surface area contributed by atoms with Crippen molar-refractivity contribution in [3.05, 3.63) is 63.2 Å². The van der Waals surface area contributed by atoms with E-state index in [1.165, 1.54) is 30.4 Å². The van der Waals surface area contributed by atoms with Crippen molar-refractivity contribution >= 4 is 5.69 Å². The van der Waals surface area contributed by atoms with Crippen LogP contribution >= 0.6 is 0 Å². The molecule has 2 aromatic carbocycles. The topological polar surface area (TPSA) is 61.6 Å². The minimum absolute atomic E-state index is 0.0226. The monoisotopic (exact) mass is 287 g/mol. The van der Waals surface area contributed by atoms with E-state index in [2.05, 4.69) is 6.07 Å². The molecule has 0 N–H and O–H groups in total. The molecule has 0 aromatic heterocycles. The van der Waals surface area contributed by atoms with Crippen molar-refractivity contribution in [2.24, 2.45) is 0 Å². The van der Waals surface area contributed by atoms with E-state index >= 15 is 0 Å². The second-order valence-electron chi connectivity index (χ2n) is 4.88. The summed E-state index contributed by atoms with van der Waals surface area (Å²) in [6, 6.07) is 10.5. The molecular weight excluding hydrogens is 270 g/mol. The first kappa shape index (κ1) is 14.8. The predicted molar refractivity (Wildman–Crippen MR) is 79.9 cm³/mol. The van der Waals surface area contributed by atoms with Gasteiger partial charge in [0.25, 0.3) is 5.69 Å². The first-order valence-electron chi connectivity index (χ1n) is 6.52. The van der Waals surface area contributed by atoms with Gasteiger partial charge >= 0.3 is 0 Å². The summed E-state index contributed by atoms with van der Waals surface area (Å²) in [5, 5.41) is 10.7. The van der Waals surface area contributed by atoms with Crippen LogP contribution in [0.5, 0.6) is 11.5 Å². The van der Waals surface area contributed by atoms with E-state index in [0.29, 0.717) is 18.1 Å². The lowest BCUT2D eigenvalue weighted by Crippen LogP contribution is -1.99. The smallest absolute Gasteiger partial charge is 0.273 e. The maximum atomic E-state index is 10.7. The number of nitro groups is 1. The number of hydrogen-bond acceptors (Lipinski definition) is 4. The van der Waals surface area contributed by atoms with Gasteiger partial charge in [0.15, 0.2) is 11.5 Å². The van der Waals surface area contributed by atoms with Gasteiger partial charge in [0, 0.05) is 6.07 Å². The molecule has 0 spiro atoms. The molecule has 0 heterocycles. The Labute approximate surface area is 123 Å². The Morgan fingerprint density at radius 1 is 1.05 bits per heavy atom. The molecular formula is C16H17NO4. The molecule has 0 unspecified atom stereocenters. The lowest BCUT2D eigenvalue weighted by molar-refractivity contribution is -0.385. The lowest BCUT2D eigenvalue weighted by atomic mass is 10.1. The van der Waals surface area contributed by atoms with Gasteiger partial charge in [-0.3, -0.25) is 10.1 Å². The van der Waals surface area contributed by atoms with Gasteiger partial charge in [-0.05, 0) is 25.5 Å². The van der Waals surface area contributed by atoms with E-state index in [1.807, 2.05) is 26.0 Å². The van der Waals surface area contributed by atoms with Crippen molar-refractivity contribution in [1.82, 2.24) is 0 Å². The number of benzene rings is 2. The quantitative estimate of drug-likeness (QED) is 0.620. The zero-order valence-electron chi connectivity index (χ0n) is 12.3. The highest BCUT2D eigenvalue weighted by atomic mass is 16.6. The Hall–Kier alpha value is -2.56. The molecule has 0 aliphatic heterocycles. The maximum Gasteiger partial charge on any atom is 0.273 e. The maximum absolute atomic E-state index is 10.7. The van der Waals surface area contributed by atoms with Crippen LogP contribution in [0.3, 0.4) is 0 Å².